The number of fused-ring (bicyclic) bond motifs is 3. The lowest BCUT2D eigenvalue weighted by Gasteiger charge is -2.37. The van der Waals surface area contributed by atoms with Crippen LogP contribution in [0.3, 0.4) is 0 Å². The first-order valence-corrected chi connectivity index (χ1v) is 13.0. The first-order valence-electron chi connectivity index (χ1n) is 11.6. The fourth-order valence-corrected chi connectivity index (χ4v) is 6.94. The molecule has 2 heterocycles. The Morgan fingerprint density at radius 1 is 1.15 bits per heavy atom. The molecule has 1 fully saturated rings. The number of halogens is 4. The van der Waals surface area contributed by atoms with E-state index < -0.39 is 11.9 Å². The molecule has 3 aliphatic rings. The molecule has 2 aliphatic heterocycles. The first kappa shape index (κ1) is 23.7. The van der Waals surface area contributed by atoms with Gasteiger partial charge in [-0.2, -0.15) is 13.2 Å². The number of nitrogens with zero attached hydrogens (tertiary/aromatic N) is 1. The second kappa shape index (κ2) is 8.87. The molecule has 2 nitrogen and oxygen atoms in total. The molecule has 34 heavy (non-hydrogen) atoms. The summed E-state index contributed by atoms with van der Waals surface area (Å²) in [4.78, 5) is 1.48. The monoisotopic (exact) mass is 505 g/mol. The molecule has 1 aliphatic carbocycles. The third-order valence-corrected chi connectivity index (χ3v) is 8.48. The lowest BCUT2D eigenvalue weighted by atomic mass is 9.92. The Balaban J connectivity index is 1.76. The Kier molecular flexibility index (Phi) is 6.18. The minimum absolute atomic E-state index is 0.148. The predicted molar refractivity (Wildman–Crippen MR) is 134 cm³/mol. The van der Waals surface area contributed by atoms with Crippen molar-refractivity contribution in [2.75, 3.05) is 17.8 Å². The van der Waals surface area contributed by atoms with Crippen LogP contribution < -0.4 is 9.64 Å². The molecule has 1 saturated carbocycles. The molecular formula is C27H27ClF3NOS. The number of ether oxygens (including phenoxy) is 1. The second-order valence-electron chi connectivity index (χ2n) is 9.17. The number of thioether (sulfide) groups is 1. The van der Waals surface area contributed by atoms with Gasteiger partial charge in [-0.25, -0.2) is 0 Å². The second-order valence-corrected chi connectivity index (χ2v) is 10.7. The van der Waals surface area contributed by atoms with Gasteiger partial charge < -0.3 is 9.64 Å². The maximum atomic E-state index is 14.4. The van der Waals surface area contributed by atoms with Crippen molar-refractivity contribution in [2.24, 2.45) is 0 Å². The van der Waals surface area contributed by atoms with Gasteiger partial charge in [0, 0.05) is 22.0 Å². The van der Waals surface area contributed by atoms with Gasteiger partial charge in [-0.05, 0) is 85.1 Å². The summed E-state index contributed by atoms with van der Waals surface area (Å²) in [6, 6.07) is 11.4. The van der Waals surface area contributed by atoms with Crippen molar-refractivity contribution in [3.8, 4) is 5.75 Å². The lowest BCUT2D eigenvalue weighted by molar-refractivity contribution is -0.0940. The molecule has 0 radical (unpaired) electrons. The van der Waals surface area contributed by atoms with Crippen LogP contribution in [0.4, 0.5) is 18.9 Å². The highest BCUT2D eigenvalue weighted by atomic mass is 35.5. The van der Waals surface area contributed by atoms with E-state index in [0.717, 1.165) is 47.4 Å². The minimum Gasteiger partial charge on any atom is -0.496 e. The molecule has 0 saturated heterocycles. The summed E-state index contributed by atoms with van der Waals surface area (Å²) in [6.07, 6.45) is -1.17. The summed E-state index contributed by atoms with van der Waals surface area (Å²) in [6.45, 7) is 3.63. The number of hydrogen-bond donors (Lipinski definition) is 0. The molecule has 2 aromatic rings. The Labute approximate surface area is 207 Å². The van der Waals surface area contributed by atoms with Crippen LogP contribution in [0.15, 0.2) is 58.9 Å². The van der Waals surface area contributed by atoms with E-state index in [4.69, 9.17) is 16.3 Å². The van der Waals surface area contributed by atoms with Crippen molar-refractivity contribution in [1.82, 2.24) is 0 Å². The highest BCUT2D eigenvalue weighted by Crippen LogP contribution is 2.56. The van der Waals surface area contributed by atoms with E-state index in [0.29, 0.717) is 34.4 Å². The van der Waals surface area contributed by atoms with Crippen molar-refractivity contribution in [2.45, 2.75) is 56.9 Å². The number of benzene rings is 2. The number of allylic oxidation sites excluding steroid dienone is 3. The standard InChI is InChI=1S/C27H27ClF3NOS/c1-4-16-12-15(2)26(27(29,30)31)32-21-11-10-18(28)13-20(21)25(34-14-22(16)32)19-6-5-7-23(33-3)24(19)17-8-9-17/h5-7,10-11,13,17,25H,4,8-9,12,14H2,1-3H3. The zero-order valence-corrected chi connectivity index (χ0v) is 21.0. The molecular weight excluding hydrogens is 479 g/mol. The van der Waals surface area contributed by atoms with E-state index in [9.17, 15) is 13.2 Å². The normalized spacial score (nSPS) is 20.8. The molecule has 0 amide bonds. The lowest BCUT2D eigenvalue weighted by Crippen LogP contribution is -2.36. The Hall–Kier alpha value is -2.05. The smallest absolute Gasteiger partial charge is 0.431 e. The van der Waals surface area contributed by atoms with E-state index >= 15 is 0 Å². The topological polar surface area (TPSA) is 12.5 Å². The average molecular weight is 506 g/mol. The van der Waals surface area contributed by atoms with E-state index in [-0.39, 0.29) is 5.25 Å². The van der Waals surface area contributed by atoms with Crippen molar-refractivity contribution in [1.29, 1.82) is 0 Å². The van der Waals surface area contributed by atoms with Crippen LogP contribution in [0, 0.1) is 0 Å². The fraction of sp³-hybridized carbons (Fsp3) is 0.407. The molecule has 0 aromatic heterocycles. The number of alkyl halides is 3. The molecule has 1 unspecified atom stereocenters. The van der Waals surface area contributed by atoms with Gasteiger partial charge in [0.05, 0.1) is 18.0 Å². The fourth-order valence-electron chi connectivity index (χ4n) is 5.34. The first-order chi connectivity index (χ1) is 16.2. The van der Waals surface area contributed by atoms with E-state index in [1.54, 1.807) is 37.9 Å². The quantitative estimate of drug-likeness (QED) is 0.412. The van der Waals surface area contributed by atoms with Crippen molar-refractivity contribution in [3.63, 3.8) is 0 Å². The molecule has 5 rings (SSSR count). The molecule has 0 bridgehead atoms. The van der Waals surface area contributed by atoms with Crippen LogP contribution >= 0.6 is 23.4 Å². The van der Waals surface area contributed by atoms with Crippen LogP contribution in [-0.2, 0) is 0 Å². The van der Waals surface area contributed by atoms with Gasteiger partial charge in [-0.1, -0.05) is 30.7 Å². The third kappa shape index (κ3) is 4.03. The maximum Gasteiger partial charge on any atom is 0.431 e. The van der Waals surface area contributed by atoms with E-state index in [2.05, 4.69) is 6.07 Å². The van der Waals surface area contributed by atoms with Gasteiger partial charge >= 0.3 is 6.18 Å². The predicted octanol–water partition coefficient (Wildman–Crippen LogP) is 8.77. The van der Waals surface area contributed by atoms with Crippen molar-refractivity contribution in [3.05, 3.63) is 80.7 Å². The largest absolute Gasteiger partial charge is 0.496 e. The molecule has 0 N–H and O–H groups in total. The molecule has 2 aromatic carbocycles. The van der Waals surface area contributed by atoms with Gasteiger partial charge in [0.1, 0.15) is 11.4 Å². The summed E-state index contributed by atoms with van der Waals surface area (Å²) in [5.41, 5.74) is 5.30. The van der Waals surface area contributed by atoms with Gasteiger partial charge in [-0.3, -0.25) is 0 Å². The van der Waals surface area contributed by atoms with Crippen molar-refractivity contribution >= 4 is 29.1 Å². The number of anilines is 1. The van der Waals surface area contributed by atoms with Crippen LogP contribution in [0.5, 0.6) is 5.75 Å². The van der Waals surface area contributed by atoms with E-state index in [1.807, 2.05) is 25.1 Å². The number of methoxy groups -OCH3 is 1. The Morgan fingerprint density at radius 3 is 2.56 bits per heavy atom. The summed E-state index contributed by atoms with van der Waals surface area (Å²) >= 11 is 8.13. The maximum absolute atomic E-state index is 14.4. The number of rotatable bonds is 4. The van der Waals surface area contributed by atoms with Crippen molar-refractivity contribution < 1.29 is 17.9 Å². The van der Waals surface area contributed by atoms with Gasteiger partial charge in [0.2, 0.25) is 0 Å². The summed E-state index contributed by atoms with van der Waals surface area (Å²) in [5, 5.41) is 0.375. The Bertz CT molecular complexity index is 1200. The number of hydrogen-bond acceptors (Lipinski definition) is 3. The highest BCUT2D eigenvalue weighted by molar-refractivity contribution is 7.99. The molecule has 180 valence electrons. The zero-order valence-electron chi connectivity index (χ0n) is 19.4. The minimum atomic E-state index is -4.45. The molecule has 1 atom stereocenters. The third-order valence-electron chi connectivity index (χ3n) is 6.97. The van der Waals surface area contributed by atoms with Gasteiger partial charge in [-0.15, -0.1) is 11.8 Å². The summed E-state index contributed by atoms with van der Waals surface area (Å²) < 4.78 is 49.0. The van der Waals surface area contributed by atoms with Gasteiger partial charge in [0.25, 0.3) is 0 Å². The van der Waals surface area contributed by atoms with E-state index in [1.165, 1.54) is 10.5 Å². The zero-order chi connectivity index (χ0) is 24.2. The van der Waals surface area contributed by atoms with Crippen LogP contribution in [0.2, 0.25) is 5.02 Å². The highest BCUT2D eigenvalue weighted by Gasteiger charge is 2.46. The summed E-state index contributed by atoms with van der Waals surface area (Å²) in [5.74, 6) is 1.78. The Morgan fingerprint density at radius 2 is 1.91 bits per heavy atom. The summed E-state index contributed by atoms with van der Waals surface area (Å²) in [7, 11) is 1.68. The van der Waals surface area contributed by atoms with Crippen LogP contribution in [0.25, 0.3) is 0 Å². The van der Waals surface area contributed by atoms with Crippen LogP contribution in [-0.4, -0.2) is 19.0 Å². The average Bonchev–Trinajstić information content (AvgIpc) is 3.64. The molecule has 7 heteroatoms. The molecule has 0 spiro atoms. The van der Waals surface area contributed by atoms with Crippen LogP contribution in [0.1, 0.15) is 67.4 Å². The van der Waals surface area contributed by atoms with Gasteiger partial charge in [0.15, 0.2) is 0 Å². The SMILES string of the molecule is CCC1=C2CSC(c3cccc(OC)c3C3CC3)c3cc(Cl)ccc3N2C(C(F)(F)F)=C(C)C1.